The minimum atomic E-state index is 0.122. The second-order valence-electron chi connectivity index (χ2n) is 4.01. The van der Waals surface area contributed by atoms with Crippen molar-refractivity contribution in [2.75, 3.05) is 13.7 Å². The molecule has 0 aliphatic rings. The molecule has 0 spiro atoms. The van der Waals surface area contributed by atoms with E-state index in [9.17, 15) is 0 Å². The van der Waals surface area contributed by atoms with Gasteiger partial charge in [0, 0.05) is 7.11 Å². The lowest BCUT2D eigenvalue weighted by atomic mass is 10.0. The molecule has 1 unspecified atom stereocenters. The lowest BCUT2D eigenvalue weighted by Crippen LogP contribution is -2.08. The maximum Gasteiger partial charge on any atom is 0.0626 e. The van der Waals surface area contributed by atoms with Crippen molar-refractivity contribution in [2.24, 2.45) is 0 Å². The van der Waals surface area contributed by atoms with E-state index in [1.807, 2.05) is 0 Å². The Hall–Kier alpha value is -0.530. The van der Waals surface area contributed by atoms with Crippen LogP contribution in [0, 0.1) is 13.8 Å². The molecule has 0 radical (unpaired) electrons. The molecule has 0 amide bonds. The Bertz CT molecular complexity index is 309. The van der Waals surface area contributed by atoms with Crippen LogP contribution in [-0.4, -0.2) is 19.1 Å². The minimum absolute atomic E-state index is 0.122. The van der Waals surface area contributed by atoms with Crippen LogP contribution < -0.4 is 0 Å². The first kappa shape index (κ1) is 12.5. The summed E-state index contributed by atoms with van der Waals surface area (Å²) in [5, 5.41) is 0.122. The number of aryl methyl sites for hydroxylation is 3. The molecule has 1 aromatic rings. The van der Waals surface area contributed by atoms with Crippen LogP contribution in [0.2, 0.25) is 0 Å². The molecule has 0 aliphatic carbocycles. The number of halogens is 1. The summed E-state index contributed by atoms with van der Waals surface area (Å²) in [6.45, 7) is 4.91. The van der Waals surface area contributed by atoms with Gasteiger partial charge in [-0.2, -0.15) is 0 Å². The van der Waals surface area contributed by atoms with Crippen LogP contribution in [0.1, 0.15) is 23.1 Å². The van der Waals surface area contributed by atoms with E-state index in [1.165, 1.54) is 16.7 Å². The molecule has 0 bridgehead atoms. The molecule has 0 fully saturated rings. The SMILES string of the molecule is COCC(Cl)CCc1ccc(C)c(C)c1. The van der Waals surface area contributed by atoms with Crippen molar-refractivity contribution in [1.82, 2.24) is 0 Å². The zero-order valence-electron chi connectivity index (χ0n) is 9.72. The van der Waals surface area contributed by atoms with Gasteiger partial charge in [-0.05, 0) is 43.4 Å². The van der Waals surface area contributed by atoms with E-state index in [-0.39, 0.29) is 5.38 Å². The van der Waals surface area contributed by atoms with Gasteiger partial charge in [-0.1, -0.05) is 18.2 Å². The number of alkyl halides is 1. The van der Waals surface area contributed by atoms with E-state index < -0.39 is 0 Å². The highest BCUT2D eigenvalue weighted by molar-refractivity contribution is 6.20. The summed E-state index contributed by atoms with van der Waals surface area (Å²) < 4.78 is 5.00. The quantitative estimate of drug-likeness (QED) is 0.699. The molecule has 0 aromatic heterocycles. The van der Waals surface area contributed by atoms with E-state index in [4.69, 9.17) is 16.3 Å². The summed E-state index contributed by atoms with van der Waals surface area (Å²) in [4.78, 5) is 0. The first-order valence-electron chi connectivity index (χ1n) is 5.32. The van der Waals surface area contributed by atoms with Gasteiger partial charge in [0.2, 0.25) is 0 Å². The molecule has 1 rings (SSSR count). The summed E-state index contributed by atoms with van der Waals surface area (Å²) >= 11 is 6.08. The maximum absolute atomic E-state index is 6.08. The number of hydrogen-bond donors (Lipinski definition) is 0. The van der Waals surface area contributed by atoms with Crippen LogP contribution in [0.15, 0.2) is 18.2 Å². The third kappa shape index (κ3) is 4.23. The Labute approximate surface area is 97.4 Å². The first-order valence-corrected chi connectivity index (χ1v) is 5.76. The Morgan fingerprint density at radius 2 is 2.00 bits per heavy atom. The van der Waals surface area contributed by atoms with Gasteiger partial charge in [-0.25, -0.2) is 0 Å². The number of methoxy groups -OCH3 is 1. The van der Waals surface area contributed by atoms with Crippen LogP contribution in [0.25, 0.3) is 0 Å². The van der Waals surface area contributed by atoms with Crippen LogP contribution in [0.5, 0.6) is 0 Å². The zero-order valence-corrected chi connectivity index (χ0v) is 10.5. The van der Waals surface area contributed by atoms with E-state index >= 15 is 0 Å². The van der Waals surface area contributed by atoms with Gasteiger partial charge >= 0.3 is 0 Å². The molecule has 1 atom stereocenters. The van der Waals surface area contributed by atoms with Crippen LogP contribution in [-0.2, 0) is 11.2 Å². The first-order chi connectivity index (χ1) is 7.13. The lowest BCUT2D eigenvalue weighted by molar-refractivity contribution is 0.195. The van der Waals surface area contributed by atoms with Crippen LogP contribution >= 0.6 is 11.6 Å². The molecular formula is C13H19ClO. The summed E-state index contributed by atoms with van der Waals surface area (Å²) in [7, 11) is 1.69. The second-order valence-corrected chi connectivity index (χ2v) is 4.63. The molecule has 0 heterocycles. The van der Waals surface area contributed by atoms with E-state index in [0.29, 0.717) is 6.61 Å². The maximum atomic E-state index is 6.08. The van der Waals surface area contributed by atoms with Crippen molar-refractivity contribution in [1.29, 1.82) is 0 Å². The summed E-state index contributed by atoms with van der Waals surface area (Å²) in [5.74, 6) is 0. The predicted octanol–water partition coefficient (Wildman–Crippen LogP) is 3.49. The second kappa shape index (κ2) is 6.14. The zero-order chi connectivity index (χ0) is 11.3. The number of hydrogen-bond acceptors (Lipinski definition) is 1. The molecule has 0 saturated heterocycles. The highest BCUT2D eigenvalue weighted by Gasteiger charge is 2.04. The molecule has 1 nitrogen and oxygen atoms in total. The summed E-state index contributed by atoms with van der Waals surface area (Å²) in [6.07, 6.45) is 2.00. The number of benzene rings is 1. The molecule has 0 saturated carbocycles. The normalized spacial score (nSPS) is 12.8. The molecule has 2 heteroatoms. The predicted molar refractivity (Wildman–Crippen MR) is 65.8 cm³/mol. The lowest BCUT2D eigenvalue weighted by Gasteiger charge is -2.09. The highest BCUT2D eigenvalue weighted by atomic mass is 35.5. The van der Waals surface area contributed by atoms with Gasteiger partial charge in [0.25, 0.3) is 0 Å². The Kier molecular flexibility index (Phi) is 5.13. The van der Waals surface area contributed by atoms with Crippen molar-refractivity contribution in [3.05, 3.63) is 34.9 Å². The van der Waals surface area contributed by atoms with Crippen molar-refractivity contribution < 1.29 is 4.74 Å². The summed E-state index contributed by atoms with van der Waals surface area (Å²) in [5.41, 5.74) is 4.06. The highest BCUT2D eigenvalue weighted by Crippen LogP contribution is 2.14. The fourth-order valence-corrected chi connectivity index (χ4v) is 1.78. The Balaban J connectivity index is 2.47. The molecule has 1 aromatic carbocycles. The molecular weight excluding hydrogens is 208 g/mol. The van der Waals surface area contributed by atoms with Crippen molar-refractivity contribution in [3.63, 3.8) is 0 Å². The number of rotatable bonds is 5. The topological polar surface area (TPSA) is 9.23 Å². The number of ether oxygens (including phenoxy) is 1. The van der Waals surface area contributed by atoms with Crippen LogP contribution in [0.3, 0.4) is 0 Å². The van der Waals surface area contributed by atoms with Crippen molar-refractivity contribution >= 4 is 11.6 Å². The van der Waals surface area contributed by atoms with E-state index in [2.05, 4.69) is 32.0 Å². The molecule has 15 heavy (non-hydrogen) atoms. The van der Waals surface area contributed by atoms with Crippen molar-refractivity contribution in [3.8, 4) is 0 Å². The third-order valence-electron chi connectivity index (χ3n) is 2.67. The third-order valence-corrected chi connectivity index (χ3v) is 3.01. The fourth-order valence-electron chi connectivity index (χ4n) is 1.55. The average Bonchev–Trinajstić information content (AvgIpc) is 2.20. The largest absolute Gasteiger partial charge is 0.383 e. The van der Waals surface area contributed by atoms with E-state index in [1.54, 1.807) is 7.11 Å². The van der Waals surface area contributed by atoms with Gasteiger partial charge in [0.05, 0.1) is 12.0 Å². The van der Waals surface area contributed by atoms with Crippen LogP contribution in [0.4, 0.5) is 0 Å². The molecule has 0 N–H and O–H groups in total. The fraction of sp³-hybridized carbons (Fsp3) is 0.538. The van der Waals surface area contributed by atoms with Gasteiger partial charge in [-0.3, -0.25) is 0 Å². The van der Waals surface area contributed by atoms with Crippen molar-refractivity contribution in [2.45, 2.75) is 32.1 Å². The Morgan fingerprint density at radius 1 is 1.27 bits per heavy atom. The van der Waals surface area contributed by atoms with Gasteiger partial charge in [0.15, 0.2) is 0 Å². The van der Waals surface area contributed by atoms with E-state index in [0.717, 1.165) is 12.8 Å². The molecule has 84 valence electrons. The van der Waals surface area contributed by atoms with Gasteiger partial charge in [0.1, 0.15) is 0 Å². The summed E-state index contributed by atoms with van der Waals surface area (Å²) in [6, 6.07) is 6.59. The standard InChI is InChI=1S/C13H19ClO/c1-10-4-5-12(8-11(10)2)6-7-13(14)9-15-3/h4-5,8,13H,6-7,9H2,1-3H3. The van der Waals surface area contributed by atoms with Gasteiger partial charge in [-0.15, -0.1) is 11.6 Å². The van der Waals surface area contributed by atoms with Gasteiger partial charge < -0.3 is 4.74 Å². The minimum Gasteiger partial charge on any atom is -0.383 e. The monoisotopic (exact) mass is 226 g/mol. The molecule has 0 aliphatic heterocycles. The smallest absolute Gasteiger partial charge is 0.0626 e. The average molecular weight is 227 g/mol. The Morgan fingerprint density at radius 3 is 2.60 bits per heavy atom.